The summed E-state index contributed by atoms with van der Waals surface area (Å²) in [6.07, 6.45) is 8.78. The van der Waals surface area contributed by atoms with Crippen LogP contribution in [-0.4, -0.2) is 40.9 Å². The van der Waals surface area contributed by atoms with Crippen molar-refractivity contribution in [2.24, 2.45) is 5.92 Å². The van der Waals surface area contributed by atoms with Gasteiger partial charge >= 0.3 is 6.03 Å². The van der Waals surface area contributed by atoms with Crippen LogP contribution in [0.4, 0.5) is 4.79 Å². The maximum Gasteiger partial charge on any atom is 0.325 e. The molecule has 1 spiro atoms. The summed E-state index contributed by atoms with van der Waals surface area (Å²) >= 11 is 0. The first-order valence-corrected chi connectivity index (χ1v) is 9.81. The number of carbonyl (C=O) groups is 3. The van der Waals surface area contributed by atoms with Gasteiger partial charge in [0.25, 0.3) is 5.91 Å². The van der Waals surface area contributed by atoms with Crippen molar-refractivity contribution in [3.63, 3.8) is 0 Å². The molecule has 0 radical (unpaired) electrons. The Morgan fingerprint density at radius 2 is 1.96 bits per heavy atom. The van der Waals surface area contributed by atoms with Crippen molar-refractivity contribution in [3.05, 3.63) is 0 Å². The molecule has 25 heavy (non-hydrogen) atoms. The Kier molecular flexibility index (Phi) is 6.85. The fraction of sp³-hybridized carbons (Fsp3) is 0.842. The molecule has 1 unspecified atom stereocenters. The number of carbonyl (C=O) groups excluding carboxylic acids is 3. The van der Waals surface area contributed by atoms with Crippen LogP contribution >= 0.6 is 0 Å². The van der Waals surface area contributed by atoms with Gasteiger partial charge in [-0.1, -0.05) is 39.5 Å². The van der Waals surface area contributed by atoms with Gasteiger partial charge in [0.1, 0.15) is 12.1 Å². The molecule has 142 valence electrons. The lowest BCUT2D eigenvalue weighted by molar-refractivity contribution is -0.136. The van der Waals surface area contributed by atoms with E-state index >= 15 is 0 Å². The van der Waals surface area contributed by atoms with E-state index in [1.165, 1.54) is 19.3 Å². The van der Waals surface area contributed by atoms with E-state index < -0.39 is 11.6 Å². The number of rotatable bonds is 8. The molecule has 2 fully saturated rings. The van der Waals surface area contributed by atoms with Crippen LogP contribution in [0.3, 0.4) is 0 Å². The quantitative estimate of drug-likeness (QED) is 0.521. The predicted molar refractivity (Wildman–Crippen MR) is 97.0 cm³/mol. The molecule has 6 heteroatoms. The summed E-state index contributed by atoms with van der Waals surface area (Å²) in [6.45, 7) is 6.13. The fourth-order valence-corrected chi connectivity index (χ4v) is 3.83. The zero-order valence-corrected chi connectivity index (χ0v) is 15.9. The number of nitrogens with zero attached hydrogens (tertiary/aromatic N) is 1. The van der Waals surface area contributed by atoms with Gasteiger partial charge in [0.15, 0.2) is 0 Å². The summed E-state index contributed by atoms with van der Waals surface area (Å²) in [6, 6.07) is -0.361. The summed E-state index contributed by atoms with van der Waals surface area (Å²) in [5, 5.41) is 5.76. The Balaban J connectivity index is 1.82. The van der Waals surface area contributed by atoms with Crippen molar-refractivity contribution in [1.29, 1.82) is 0 Å². The molecular weight excluding hydrogens is 318 g/mol. The Morgan fingerprint density at radius 1 is 1.28 bits per heavy atom. The highest BCUT2D eigenvalue weighted by Crippen LogP contribution is 2.36. The van der Waals surface area contributed by atoms with Crippen LogP contribution in [0.5, 0.6) is 0 Å². The Morgan fingerprint density at radius 3 is 2.60 bits per heavy atom. The van der Waals surface area contributed by atoms with E-state index in [-0.39, 0.29) is 24.4 Å². The minimum Gasteiger partial charge on any atom is -0.352 e. The number of nitrogens with one attached hydrogen (secondary N) is 2. The van der Waals surface area contributed by atoms with E-state index in [9.17, 15) is 14.4 Å². The third-order valence-corrected chi connectivity index (χ3v) is 5.57. The first-order chi connectivity index (χ1) is 11.9. The van der Waals surface area contributed by atoms with Gasteiger partial charge in [-0.15, -0.1) is 0 Å². The highest BCUT2D eigenvalue weighted by atomic mass is 16.2. The van der Waals surface area contributed by atoms with E-state index in [0.717, 1.165) is 30.6 Å². The minimum absolute atomic E-state index is 0.0645. The molecule has 1 heterocycles. The van der Waals surface area contributed by atoms with Crippen LogP contribution in [0.25, 0.3) is 0 Å². The largest absolute Gasteiger partial charge is 0.352 e. The lowest BCUT2D eigenvalue weighted by Gasteiger charge is -2.33. The average Bonchev–Trinajstić information content (AvgIpc) is 2.79. The predicted octanol–water partition coefficient (Wildman–Crippen LogP) is 2.96. The molecule has 0 bridgehead atoms. The molecule has 1 saturated carbocycles. The first-order valence-electron chi connectivity index (χ1n) is 9.81. The van der Waals surface area contributed by atoms with Crippen molar-refractivity contribution < 1.29 is 14.4 Å². The number of urea groups is 1. The smallest absolute Gasteiger partial charge is 0.325 e. The van der Waals surface area contributed by atoms with Crippen molar-refractivity contribution >= 4 is 17.8 Å². The molecule has 2 rings (SSSR count). The third-order valence-electron chi connectivity index (χ3n) is 5.57. The molecule has 2 aliphatic rings. The van der Waals surface area contributed by atoms with Crippen LogP contribution in [0.2, 0.25) is 0 Å². The minimum atomic E-state index is -0.768. The summed E-state index contributed by atoms with van der Waals surface area (Å²) in [4.78, 5) is 38.3. The molecule has 1 atom stereocenters. The zero-order valence-electron chi connectivity index (χ0n) is 15.9. The Labute approximate surface area is 151 Å². The molecule has 0 aromatic rings. The topological polar surface area (TPSA) is 78.5 Å². The number of hydrogen-bond donors (Lipinski definition) is 2. The van der Waals surface area contributed by atoms with Crippen molar-refractivity contribution in [2.45, 2.75) is 90.1 Å². The van der Waals surface area contributed by atoms with Crippen LogP contribution in [0.15, 0.2) is 0 Å². The maximum atomic E-state index is 12.7. The summed E-state index contributed by atoms with van der Waals surface area (Å²) < 4.78 is 0. The highest BCUT2D eigenvalue weighted by molar-refractivity contribution is 6.09. The highest BCUT2D eigenvalue weighted by Gasteiger charge is 2.52. The second-order valence-electron chi connectivity index (χ2n) is 7.90. The van der Waals surface area contributed by atoms with Gasteiger partial charge in [-0.2, -0.15) is 0 Å². The van der Waals surface area contributed by atoms with Gasteiger partial charge in [-0.3, -0.25) is 14.5 Å². The summed E-state index contributed by atoms with van der Waals surface area (Å²) in [5.41, 5.74) is -0.768. The van der Waals surface area contributed by atoms with Gasteiger partial charge in [0, 0.05) is 6.04 Å². The molecule has 1 saturated heterocycles. The van der Waals surface area contributed by atoms with E-state index in [0.29, 0.717) is 18.8 Å². The van der Waals surface area contributed by atoms with Crippen molar-refractivity contribution in [1.82, 2.24) is 15.5 Å². The van der Waals surface area contributed by atoms with Gasteiger partial charge in [-0.05, 0) is 44.9 Å². The van der Waals surface area contributed by atoms with Crippen LogP contribution in [0, 0.1) is 5.92 Å². The monoisotopic (exact) mass is 351 g/mol. The molecule has 1 aliphatic heterocycles. The van der Waals surface area contributed by atoms with Crippen LogP contribution in [-0.2, 0) is 9.59 Å². The van der Waals surface area contributed by atoms with Crippen molar-refractivity contribution in [2.75, 3.05) is 6.54 Å². The third kappa shape index (κ3) is 4.95. The van der Waals surface area contributed by atoms with E-state index in [1.54, 1.807) is 0 Å². The lowest BCUT2D eigenvalue weighted by atomic mass is 9.77. The van der Waals surface area contributed by atoms with Crippen molar-refractivity contribution in [3.8, 4) is 0 Å². The van der Waals surface area contributed by atoms with Gasteiger partial charge < -0.3 is 10.6 Å². The molecule has 0 aromatic carbocycles. The fourth-order valence-electron chi connectivity index (χ4n) is 3.83. The number of hydrogen-bond acceptors (Lipinski definition) is 3. The SMILES string of the molecule is CCCCCCC(C)NC(=O)CN1C(=O)NC2(CCC(C)CC2)C1=O. The average molecular weight is 351 g/mol. The number of imide groups is 1. The molecule has 1 aliphatic carbocycles. The molecule has 6 nitrogen and oxygen atoms in total. The van der Waals surface area contributed by atoms with E-state index in [2.05, 4.69) is 24.5 Å². The maximum absolute atomic E-state index is 12.7. The summed E-state index contributed by atoms with van der Waals surface area (Å²) in [7, 11) is 0. The molecule has 0 aromatic heterocycles. The summed E-state index contributed by atoms with van der Waals surface area (Å²) in [5.74, 6) is 0.101. The lowest BCUT2D eigenvalue weighted by Crippen LogP contribution is -2.50. The molecular formula is C19H33N3O3. The van der Waals surface area contributed by atoms with Gasteiger partial charge in [0.2, 0.25) is 5.91 Å². The van der Waals surface area contributed by atoms with Gasteiger partial charge in [0.05, 0.1) is 0 Å². The van der Waals surface area contributed by atoms with E-state index in [4.69, 9.17) is 0 Å². The molecule has 4 amide bonds. The second kappa shape index (κ2) is 8.68. The Hall–Kier alpha value is -1.59. The number of unbranched alkanes of at least 4 members (excludes halogenated alkanes) is 3. The standard InChI is InChI=1S/C19H33N3O3/c1-4-5-6-7-8-15(3)20-16(23)13-22-17(24)19(21-18(22)25)11-9-14(2)10-12-19/h14-15H,4-13H2,1-3H3,(H,20,23)(H,21,25). The normalized spacial score (nSPS) is 27.5. The Bertz CT molecular complexity index is 498. The van der Waals surface area contributed by atoms with E-state index in [1.807, 2.05) is 6.92 Å². The molecule has 2 N–H and O–H groups in total. The second-order valence-corrected chi connectivity index (χ2v) is 7.90. The number of amides is 4. The van der Waals surface area contributed by atoms with Crippen LogP contribution < -0.4 is 10.6 Å². The van der Waals surface area contributed by atoms with Crippen LogP contribution in [0.1, 0.15) is 78.6 Å². The van der Waals surface area contributed by atoms with Gasteiger partial charge in [-0.25, -0.2) is 4.79 Å². The zero-order chi connectivity index (χ0) is 18.4. The first kappa shape index (κ1) is 19.7.